The predicted molar refractivity (Wildman–Crippen MR) is 107 cm³/mol. The van der Waals surface area contributed by atoms with Crippen LogP contribution in [0.5, 0.6) is 0 Å². The summed E-state index contributed by atoms with van der Waals surface area (Å²) in [7, 11) is 0. The van der Waals surface area contributed by atoms with Crippen molar-refractivity contribution in [1.82, 2.24) is 0 Å². The normalized spacial score (nSPS) is 11.2. The Hall–Kier alpha value is -3.59. The molecule has 0 radical (unpaired) electrons. The molecule has 0 saturated heterocycles. The molecule has 0 saturated carbocycles. The van der Waals surface area contributed by atoms with E-state index in [9.17, 15) is 4.79 Å². The smallest absolute Gasteiger partial charge is 0.338 e. The van der Waals surface area contributed by atoms with Gasteiger partial charge in [-0.15, -0.1) is 0 Å². The van der Waals surface area contributed by atoms with Gasteiger partial charge in [0.25, 0.3) is 0 Å². The number of benzene rings is 4. The highest BCUT2D eigenvalue weighted by Crippen LogP contribution is 2.33. The van der Waals surface area contributed by atoms with Crippen molar-refractivity contribution in [2.45, 2.75) is 0 Å². The fraction of sp³-hybridized carbons (Fsp3) is 0. The van der Waals surface area contributed by atoms with E-state index in [4.69, 9.17) is 4.42 Å². The predicted octanol–water partition coefficient (Wildman–Crippen LogP) is 5.84. The topological polar surface area (TPSA) is 42.2 Å². The van der Waals surface area contributed by atoms with Crippen molar-refractivity contribution in [3.8, 4) is 0 Å². The van der Waals surface area contributed by atoms with Crippen LogP contribution in [0.3, 0.4) is 0 Å². The van der Waals surface area contributed by atoms with Gasteiger partial charge in [-0.05, 0) is 28.3 Å². The molecule has 0 atom stereocenters. The molecule has 0 aliphatic heterocycles. The van der Waals surface area contributed by atoms with Crippen molar-refractivity contribution in [2.75, 3.05) is 5.32 Å². The van der Waals surface area contributed by atoms with Crippen LogP contribution in [-0.4, -0.2) is 0 Å². The van der Waals surface area contributed by atoms with Crippen LogP contribution in [-0.2, 0) is 0 Å². The van der Waals surface area contributed by atoms with E-state index in [1.807, 2.05) is 54.6 Å². The van der Waals surface area contributed by atoms with Gasteiger partial charge in [-0.1, -0.05) is 66.7 Å². The van der Waals surface area contributed by atoms with Crippen LogP contribution in [0.15, 0.2) is 94.1 Å². The Balaban J connectivity index is 1.81. The monoisotopic (exact) mass is 337 g/mol. The van der Waals surface area contributed by atoms with Gasteiger partial charge >= 0.3 is 5.63 Å². The Kier molecular flexibility index (Phi) is 3.25. The van der Waals surface area contributed by atoms with Crippen molar-refractivity contribution < 1.29 is 4.42 Å². The molecule has 26 heavy (non-hydrogen) atoms. The highest BCUT2D eigenvalue weighted by Gasteiger charge is 2.11. The zero-order chi connectivity index (χ0) is 17.5. The van der Waals surface area contributed by atoms with E-state index < -0.39 is 0 Å². The van der Waals surface area contributed by atoms with Crippen molar-refractivity contribution in [1.29, 1.82) is 0 Å². The van der Waals surface area contributed by atoms with Gasteiger partial charge in [0.1, 0.15) is 5.58 Å². The van der Waals surface area contributed by atoms with Gasteiger partial charge < -0.3 is 9.73 Å². The first-order valence-corrected chi connectivity index (χ1v) is 8.50. The zero-order valence-corrected chi connectivity index (χ0v) is 13.9. The van der Waals surface area contributed by atoms with Crippen LogP contribution in [0.1, 0.15) is 0 Å². The lowest BCUT2D eigenvalue weighted by molar-refractivity contribution is 0.562. The van der Waals surface area contributed by atoms with Crippen molar-refractivity contribution in [3.05, 3.63) is 95.3 Å². The average molecular weight is 337 g/mol. The highest BCUT2D eigenvalue weighted by atomic mass is 16.4. The molecule has 0 aliphatic rings. The maximum absolute atomic E-state index is 12.1. The first-order valence-electron chi connectivity index (χ1n) is 8.50. The molecular formula is C23H15NO2. The van der Waals surface area contributed by atoms with E-state index in [1.54, 1.807) is 0 Å². The second-order valence-electron chi connectivity index (χ2n) is 6.29. The molecule has 0 unspecified atom stereocenters. The molecule has 3 heteroatoms. The van der Waals surface area contributed by atoms with Crippen LogP contribution in [0, 0.1) is 0 Å². The number of fused-ring (bicyclic) bond motifs is 4. The Labute approximate surface area is 149 Å². The number of hydrogen-bond donors (Lipinski definition) is 1. The average Bonchev–Trinajstić information content (AvgIpc) is 2.68. The minimum Gasteiger partial charge on any atom is -0.423 e. The zero-order valence-electron chi connectivity index (χ0n) is 13.9. The summed E-state index contributed by atoms with van der Waals surface area (Å²) in [4.78, 5) is 12.1. The third-order valence-corrected chi connectivity index (χ3v) is 4.69. The quantitative estimate of drug-likeness (QED) is 0.325. The van der Waals surface area contributed by atoms with Gasteiger partial charge in [0, 0.05) is 22.5 Å². The molecule has 1 N–H and O–H groups in total. The summed E-state index contributed by atoms with van der Waals surface area (Å²) in [6.45, 7) is 0. The molecule has 0 fully saturated rings. The van der Waals surface area contributed by atoms with E-state index in [0.29, 0.717) is 5.58 Å². The van der Waals surface area contributed by atoms with Crippen molar-refractivity contribution >= 4 is 43.9 Å². The maximum Gasteiger partial charge on any atom is 0.338 e. The van der Waals surface area contributed by atoms with Crippen LogP contribution in [0.25, 0.3) is 32.5 Å². The Morgan fingerprint density at radius 1 is 0.654 bits per heavy atom. The fourth-order valence-corrected chi connectivity index (χ4v) is 3.52. The van der Waals surface area contributed by atoms with Gasteiger partial charge in [-0.3, -0.25) is 0 Å². The molecular weight excluding hydrogens is 322 g/mol. The minimum atomic E-state index is -0.365. The lowest BCUT2D eigenvalue weighted by atomic mass is 10.0. The van der Waals surface area contributed by atoms with Crippen LogP contribution >= 0.6 is 0 Å². The van der Waals surface area contributed by atoms with E-state index in [0.717, 1.165) is 38.3 Å². The molecule has 0 amide bonds. The van der Waals surface area contributed by atoms with Crippen LogP contribution in [0.2, 0.25) is 0 Å². The Morgan fingerprint density at radius 3 is 2.19 bits per heavy atom. The SMILES string of the molecule is O=c1cc(Nc2cccc3ccccc23)c2c(ccc3ccccc32)o1. The molecule has 1 aromatic heterocycles. The summed E-state index contributed by atoms with van der Waals surface area (Å²) >= 11 is 0. The van der Waals surface area contributed by atoms with E-state index >= 15 is 0 Å². The van der Waals surface area contributed by atoms with E-state index in [1.165, 1.54) is 6.07 Å². The lowest BCUT2D eigenvalue weighted by Gasteiger charge is -2.13. The number of anilines is 2. The van der Waals surface area contributed by atoms with Gasteiger partial charge in [0.05, 0.1) is 5.69 Å². The second-order valence-corrected chi connectivity index (χ2v) is 6.29. The summed E-state index contributed by atoms with van der Waals surface area (Å²) in [6.07, 6.45) is 0. The van der Waals surface area contributed by atoms with Gasteiger partial charge in [0.15, 0.2) is 0 Å². The molecule has 5 aromatic rings. The first kappa shape index (κ1) is 14.7. The Morgan fingerprint density at radius 2 is 1.35 bits per heavy atom. The van der Waals surface area contributed by atoms with Gasteiger partial charge in [-0.25, -0.2) is 4.79 Å². The summed E-state index contributed by atoms with van der Waals surface area (Å²) in [5, 5.41) is 8.79. The summed E-state index contributed by atoms with van der Waals surface area (Å²) < 4.78 is 5.44. The Bertz CT molecular complexity index is 1330. The minimum absolute atomic E-state index is 0.365. The fourth-order valence-electron chi connectivity index (χ4n) is 3.52. The third-order valence-electron chi connectivity index (χ3n) is 4.69. The third kappa shape index (κ3) is 2.33. The molecule has 3 nitrogen and oxygen atoms in total. The summed E-state index contributed by atoms with van der Waals surface area (Å²) in [6, 6.07) is 27.8. The summed E-state index contributed by atoms with van der Waals surface area (Å²) in [5.74, 6) is 0. The molecule has 1 heterocycles. The highest BCUT2D eigenvalue weighted by molar-refractivity contribution is 6.12. The van der Waals surface area contributed by atoms with Crippen LogP contribution < -0.4 is 10.9 Å². The number of hydrogen-bond acceptors (Lipinski definition) is 3. The number of nitrogens with one attached hydrogen (secondary N) is 1. The van der Waals surface area contributed by atoms with Gasteiger partial charge in [0.2, 0.25) is 0 Å². The van der Waals surface area contributed by atoms with Gasteiger partial charge in [-0.2, -0.15) is 0 Å². The van der Waals surface area contributed by atoms with E-state index in [-0.39, 0.29) is 5.63 Å². The first-order chi connectivity index (χ1) is 12.8. The molecule has 0 bridgehead atoms. The molecule has 0 spiro atoms. The van der Waals surface area contributed by atoms with E-state index in [2.05, 4.69) is 29.6 Å². The molecule has 124 valence electrons. The molecule has 4 aromatic carbocycles. The summed E-state index contributed by atoms with van der Waals surface area (Å²) in [5.41, 5.74) is 1.93. The molecule has 5 rings (SSSR count). The number of rotatable bonds is 2. The molecule has 0 aliphatic carbocycles. The second kappa shape index (κ2) is 5.74. The lowest BCUT2D eigenvalue weighted by Crippen LogP contribution is -2.02. The van der Waals surface area contributed by atoms with Crippen molar-refractivity contribution in [2.24, 2.45) is 0 Å². The van der Waals surface area contributed by atoms with Crippen molar-refractivity contribution in [3.63, 3.8) is 0 Å². The van der Waals surface area contributed by atoms with Crippen LogP contribution in [0.4, 0.5) is 11.4 Å². The maximum atomic E-state index is 12.1. The largest absolute Gasteiger partial charge is 0.423 e. The standard InChI is InChI=1S/C23H15NO2/c25-22-14-20(24-19-11-5-8-15-6-1-3-9-17(15)19)23-18-10-4-2-7-16(18)12-13-21(23)26-22/h1-14,24H.